The molecule has 1 heterocycles. The van der Waals surface area contributed by atoms with E-state index in [1.54, 1.807) is 13.8 Å². The summed E-state index contributed by atoms with van der Waals surface area (Å²) in [7, 11) is -4.63. The molecule has 1 amide bonds. The topological polar surface area (TPSA) is 148 Å². The zero-order valence-electron chi connectivity index (χ0n) is 20.4. The number of hydrogen-bond donors (Lipinski definition) is 1. The van der Waals surface area contributed by atoms with Gasteiger partial charge >= 0.3 is 35.7 Å². The first-order valence-corrected chi connectivity index (χ1v) is 12.5. The van der Waals surface area contributed by atoms with Crippen molar-refractivity contribution in [2.24, 2.45) is 0 Å². The van der Waals surface area contributed by atoms with Gasteiger partial charge in [-0.1, -0.05) is 11.6 Å². The number of carbonyl (C=O) groups is 3. The van der Waals surface area contributed by atoms with Gasteiger partial charge in [-0.05, 0) is 57.2 Å². The van der Waals surface area contributed by atoms with Crippen LogP contribution in [0.1, 0.15) is 53.1 Å². The maximum Gasteiger partial charge on any atom is 1.00 e. The van der Waals surface area contributed by atoms with E-state index in [-0.39, 0.29) is 45.9 Å². The smallest absolute Gasteiger partial charge is 0.748 e. The van der Waals surface area contributed by atoms with Crippen molar-refractivity contribution in [3.8, 4) is 5.75 Å². The van der Waals surface area contributed by atoms with Crippen molar-refractivity contribution in [1.29, 1.82) is 0 Å². The average Bonchev–Trinajstić information content (AvgIpc) is 2.76. The molecule has 0 unspecified atom stereocenters. The Labute approximate surface area is 239 Å². The Bertz CT molecular complexity index is 1320. The summed E-state index contributed by atoms with van der Waals surface area (Å²) in [6.45, 7) is 3.75. The van der Waals surface area contributed by atoms with Gasteiger partial charge in [-0.3, -0.25) is 9.59 Å². The molecule has 14 heteroatoms. The van der Waals surface area contributed by atoms with E-state index in [0.717, 1.165) is 12.1 Å². The summed E-state index contributed by atoms with van der Waals surface area (Å²) >= 11 is 5.80. The number of ether oxygens (including phenoxy) is 3. The minimum atomic E-state index is -4.63. The Morgan fingerprint density at radius 1 is 1.16 bits per heavy atom. The van der Waals surface area contributed by atoms with Crippen LogP contribution in [0.3, 0.4) is 0 Å². The first kappa shape index (κ1) is 31.0. The van der Waals surface area contributed by atoms with Gasteiger partial charge in [0.25, 0.3) is 5.91 Å². The predicted molar refractivity (Wildman–Crippen MR) is 124 cm³/mol. The number of benzene rings is 2. The summed E-state index contributed by atoms with van der Waals surface area (Å²) in [5.74, 6) is -2.34. The van der Waals surface area contributed by atoms with Crippen LogP contribution >= 0.6 is 11.6 Å². The second-order valence-corrected chi connectivity index (χ2v) is 10.4. The van der Waals surface area contributed by atoms with Crippen LogP contribution < -0.4 is 39.6 Å². The third kappa shape index (κ3) is 7.88. The first-order valence-electron chi connectivity index (χ1n) is 10.5. The van der Waals surface area contributed by atoms with E-state index in [9.17, 15) is 31.7 Å². The Hall–Kier alpha value is -2.22. The molecule has 10 nitrogen and oxygen atoms in total. The summed E-state index contributed by atoms with van der Waals surface area (Å²) in [4.78, 5) is 37.4. The van der Waals surface area contributed by atoms with Crippen molar-refractivity contribution < 1.29 is 75.5 Å². The van der Waals surface area contributed by atoms with Gasteiger partial charge in [0.1, 0.15) is 23.8 Å². The number of fused-ring (bicyclic) bond motifs is 1. The van der Waals surface area contributed by atoms with Gasteiger partial charge in [-0.2, -0.15) is 0 Å². The van der Waals surface area contributed by atoms with E-state index in [1.165, 1.54) is 31.2 Å². The molecule has 3 rings (SSSR count). The average molecular weight is 566 g/mol. The molecule has 1 aliphatic heterocycles. The predicted octanol–water partition coefficient (Wildman–Crippen LogP) is 0.395. The molecule has 0 radical (unpaired) electrons. The molecule has 194 valence electrons. The Kier molecular flexibility index (Phi) is 10.1. The molecular weight excluding hydrogens is 544 g/mol. The molecule has 1 aliphatic rings. The van der Waals surface area contributed by atoms with Crippen molar-refractivity contribution >= 4 is 39.6 Å². The Balaban J connectivity index is 0.00000481. The molecule has 0 spiro atoms. The molecule has 1 N–H and O–H groups in total. The molecule has 0 saturated carbocycles. The largest absolute Gasteiger partial charge is 1.00 e. The standard InChI is InChI=1S/C23H23ClFNO9S.Na/c1-12(27)13-5-7-18-15(10-13)19(26-21(28)14-4-6-17(25)16(24)11-14)20(23(2,3)35-18)34-22(29)33-8-9-36(30,31)32;/h4-7,10-11,19-20H,8-9H2,1-3H3,(H,26,28)(H,30,31,32);/q;+1/p-1/t19-,20-;/m0./s1. The maximum atomic E-state index is 13.6. The zero-order chi connectivity index (χ0) is 26.8. The molecule has 37 heavy (non-hydrogen) atoms. The minimum absolute atomic E-state index is 0. The summed E-state index contributed by atoms with van der Waals surface area (Å²) in [5.41, 5.74) is -0.643. The molecule has 2 aromatic rings. The fraction of sp³-hybridized carbons (Fsp3) is 0.348. The second-order valence-electron chi connectivity index (χ2n) is 8.49. The number of hydrogen-bond acceptors (Lipinski definition) is 9. The van der Waals surface area contributed by atoms with Crippen LogP contribution in [0, 0.1) is 5.82 Å². The molecule has 0 fully saturated rings. The van der Waals surface area contributed by atoms with Crippen LogP contribution in [0.4, 0.5) is 9.18 Å². The van der Waals surface area contributed by atoms with Crippen LogP contribution in [0.2, 0.25) is 5.02 Å². The van der Waals surface area contributed by atoms with Crippen molar-refractivity contribution in [2.45, 2.75) is 38.5 Å². The summed E-state index contributed by atoms with van der Waals surface area (Å²) in [6, 6.07) is 6.81. The SMILES string of the molecule is CC(=O)c1ccc2c(c1)[C@H](NC(=O)c1ccc(F)c(Cl)c1)[C@H](OC(=O)OCCS(=O)(=O)[O-])C(C)(C)O2.[Na+]. The molecule has 0 aliphatic carbocycles. The van der Waals surface area contributed by atoms with E-state index in [0.29, 0.717) is 16.9 Å². The van der Waals surface area contributed by atoms with E-state index >= 15 is 0 Å². The van der Waals surface area contributed by atoms with Crippen LogP contribution in [0.5, 0.6) is 5.75 Å². The fourth-order valence-electron chi connectivity index (χ4n) is 3.60. The van der Waals surface area contributed by atoms with Crippen LogP contribution in [-0.4, -0.2) is 54.9 Å². The monoisotopic (exact) mass is 565 g/mol. The number of Topliss-reactive ketones (excluding diaryl/α,β-unsaturated/α-hetero) is 1. The third-order valence-electron chi connectivity index (χ3n) is 5.36. The minimum Gasteiger partial charge on any atom is -0.748 e. The number of ketones is 1. The fourth-order valence-corrected chi connectivity index (χ4v) is 4.07. The van der Waals surface area contributed by atoms with Crippen molar-refractivity contribution in [2.75, 3.05) is 12.4 Å². The number of nitrogens with one attached hydrogen (secondary N) is 1. The van der Waals surface area contributed by atoms with Gasteiger partial charge in [0.05, 0.1) is 26.9 Å². The number of amides is 1. The van der Waals surface area contributed by atoms with E-state index in [1.807, 2.05) is 0 Å². The molecule has 0 bridgehead atoms. The first-order chi connectivity index (χ1) is 16.7. The van der Waals surface area contributed by atoms with E-state index < -0.39 is 58.1 Å². The summed E-state index contributed by atoms with van der Waals surface area (Å²) in [5, 5.41) is 2.43. The van der Waals surface area contributed by atoms with E-state index in [2.05, 4.69) is 5.32 Å². The second kappa shape index (κ2) is 12.1. The molecular formula is C23H22ClFNNaO9S. The van der Waals surface area contributed by atoms with Crippen molar-refractivity contribution in [1.82, 2.24) is 5.32 Å². The molecule has 2 aromatic carbocycles. The molecule has 0 saturated heterocycles. The Morgan fingerprint density at radius 2 is 1.81 bits per heavy atom. The third-order valence-corrected chi connectivity index (χ3v) is 6.31. The number of carbonyl (C=O) groups excluding carboxylic acids is 3. The van der Waals surface area contributed by atoms with Gasteiger partial charge in [0, 0.05) is 16.7 Å². The van der Waals surface area contributed by atoms with Crippen molar-refractivity contribution in [3.63, 3.8) is 0 Å². The van der Waals surface area contributed by atoms with E-state index in [4.69, 9.17) is 25.8 Å². The summed E-state index contributed by atoms with van der Waals surface area (Å²) < 4.78 is 62.0. The Morgan fingerprint density at radius 3 is 2.41 bits per heavy atom. The maximum absolute atomic E-state index is 13.6. The molecule has 2 atom stereocenters. The normalized spacial score (nSPS) is 17.9. The van der Waals surface area contributed by atoms with Gasteiger partial charge in [0.2, 0.25) is 0 Å². The van der Waals surface area contributed by atoms with Crippen LogP contribution in [-0.2, 0) is 19.6 Å². The van der Waals surface area contributed by atoms with Crippen LogP contribution in [0.15, 0.2) is 36.4 Å². The number of halogens is 2. The van der Waals surface area contributed by atoms with Gasteiger partial charge < -0.3 is 24.1 Å². The number of rotatable bonds is 7. The summed E-state index contributed by atoms with van der Waals surface area (Å²) in [6.07, 6.45) is -2.56. The van der Waals surface area contributed by atoms with Crippen LogP contribution in [0.25, 0.3) is 0 Å². The zero-order valence-corrected chi connectivity index (χ0v) is 23.9. The van der Waals surface area contributed by atoms with Gasteiger partial charge in [-0.25, -0.2) is 17.6 Å². The van der Waals surface area contributed by atoms with Gasteiger partial charge in [-0.15, -0.1) is 0 Å². The molecule has 0 aromatic heterocycles. The van der Waals surface area contributed by atoms with Crippen molar-refractivity contribution in [3.05, 3.63) is 63.9 Å². The van der Waals surface area contributed by atoms with Gasteiger partial charge in [0.15, 0.2) is 11.9 Å². The quantitative estimate of drug-likeness (QED) is 0.218.